The highest BCUT2D eigenvalue weighted by Gasteiger charge is 1.95. The first-order chi connectivity index (χ1) is 5.16. The van der Waals surface area contributed by atoms with Crippen LogP contribution in [0.4, 0.5) is 0 Å². The van der Waals surface area contributed by atoms with Crippen LogP contribution in [0.1, 0.15) is 13.8 Å². The van der Waals surface area contributed by atoms with Crippen molar-refractivity contribution < 1.29 is 5.11 Å². The van der Waals surface area contributed by atoms with Crippen LogP contribution in [0.15, 0.2) is 0 Å². The van der Waals surface area contributed by atoms with Crippen molar-refractivity contribution in [2.75, 3.05) is 33.2 Å². The highest BCUT2D eigenvalue weighted by atomic mass is 16.3. The van der Waals surface area contributed by atoms with Gasteiger partial charge < -0.3 is 15.3 Å². The van der Waals surface area contributed by atoms with E-state index in [0.29, 0.717) is 6.54 Å². The second-order valence-electron chi connectivity index (χ2n) is 2.95. The predicted molar refractivity (Wildman–Crippen MR) is 47.7 cm³/mol. The molecule has 3 nitrogen and oxygen atoms in total. The maximum absolute atomic E-state index is 8.90. The van der Waals surface area contributed by atoms with Gasteiger partial charge in [-0.2, -0.15) is 0 Å². The van der Waals surface area contributed by atoms with Crippen molar-refractivity contribution in [2.45, 2.75) is 20.0 Å². The number of hydrogen-bond acceptors (Lipinski definition) is 3. The largest absolute Gasteiger partial charge is 0.392 e. The molecular formula is C8H20N2O. The Balaban J connectivity index is 3.01. The molecule has 0 saturated carbocycles. The van der Waals surface area contributed by atoms with Crippen LogP contribution in [-0.2, 0) is 0 Å². The smallest absolute Gasteiger partial charge is 0.0636 e. The van der Waals surface area contributed by atoms with E-state index in [0.717, 1.165) is 19.6 Å². The molecular weight excluding hydrogens is 140 g/mol. The second kappa shape index (κ2) is 6.58. The van der Waals surface area contributed by atoms with Crippen molar-refractivity contribution in [3.05, 3.63) is 0 Å². The quantitative estimate of drug-likeness (QED) is 0.533. The van der Waals surface area contributed by atoms with E-state index in [1.54, 1.807) is 6.92 Å². The molecule has 0 aliphatic rings. The summed E-state index contributed by atoms with van der Waals surface area (Å²) in [4.78, 5) is 2.23. The molecule has 0 radical (unpaired) electrons. The molecule has 0 rings (SSSR count). The van der Waals surface area contributed by atoms with E-state index < -0.39 is 0 Å². The summed E-state index contributed by atoms with van der Waals surface area (Å²) in [5.41, 5.74) is 0. The molecule has 0 aliphatic carbocycles. The van der Waals surface area contributed by atoms with Gasteiger partial charge in [0.1, 0.15) is 0 Å². The molecule has 0 saturated heterocycles. The van der Waals surface area contributed by atoms with E-state index in [2.05, 4.69) is 24.2 Å². The molecule has 0 aromatic rings. The third-order valence-corrected chi connectivity index (χ3v) is 1.65. The minimum atomic E-state index is -0.234. The molecule has 0 fully saturated rings. The Bertz CT molecular complexity index is 86.2. The molecule has 0 aromatic carbocycles. The lowest BCUT2D eigenvalue weighted by Crippen LogP contribution is -2.32. The fraction of sp³-hybridized carbons (Fsp3) is 1.00. The molecule has 0 aromatic heterocycles. The van der Waals surface area contributed by atoms with Gasteiger partial charge in [-0.3, -0.25) is 0 Å². The van der Waals surface area contributed by atoms with Crippen molar-refractivity contribution in [1.82, 2.24) is 10.2 Å². The summed E-state index contributed by atoms with van der Waals surface area (Å²) in [5.74, 6) is 0. The Kier molecular flexibility index (Phi) is 6.51. The first kappa shape index (κ1) is 10.9. The molecule has 0 amide bonds. The molecule has 0 aliphatic heterocycles. The first-order valence-corrected chi connectivity index (χ1v) is 4.24. The van der Waals surface area contributed by atoms with Crippen molar-refractivity contribution in [1.29, 1.82) is 0 Å². The highest BCUT2D eigenvalue weighted by Crippen LogP contribution is 1.78. The fourth-order valence-electron chi connectivity index (χ4n) is 0.739. The Labute approximate surface area is 69.4 Å². The van der Waals surface area contributed by atoms with E-state index >= 15 is 0 Å². The highest BCUT2D eigenvalue weighted by molar-refractivity contribution is 4.55. The first-order valence-electron chi connectivity index (χ1n) is 4.24. The molecule has 1 atom stereocenters. The average Bonchev–Trinajstić information content (AvgIpc) is 1.97. The van der Waals surface area contributed by atoms with Gasteiger partial charge in [-0.1, -0.05) is 6.92 Å². The summed E-state index contributed by atoms with van der Waals surface area (Å²) in [6.07, 6.45) is -0.234. The Hall–Kier alpha value is -0.120. The maximum atomic E-state index is 8.90. The second-order valence-corrected chi connectivity index (χ2v) is 2.95. The van der Waals surface area contributed by atoms with E-state index in [4.69, 9.17) is 5.11 Å². The van der Waals surface area contributed by atoms with E-state index in [1.807, 2.05) is 0 Å². The molecule has 0 bridgehead atoms. The lowest BCUT2D eigenvalue weighted by atomic mass is 10.4. The number of rotatable bonds is 6. The minimum absolute atomic E-state index is 0.234. The van der Waals surface area contributed by atoms with Crippen LogP contribution in [0.2, 0.25) is 0 Å². The maximum Gasteiger partial charge on any atom is 0.0636 e. The molecule has 0 heterocycles. The summed E-state index contributed by atoms with van der Waals surface area (Å²) in [6.45, 7) is 7.69. The number of nitrogens with one attached hydrogen (secondary N) is 1. The van der Waals surface area contributed by atoms with Crippen LogP contribution in [0.3, 0.4) is 0 Å². The van der Waals surface area contributed by atoms with Crippen LogP contribution < -0.4 is 5.32 Å². The summed E-state index contributed by atoms with van der Waals surface area (Å²) in [5, 5.41) is 12.1. The molecule has 1 unspecified atom stereocenters. The summed E-state index contributed by atoms with van der Waals surface area (Å²) in [6, 6.07) is 0. The third-order valence-electron chi connectivity index (χ3n) is 1.65. The molecule has 0 spiro atoms. The van der Waals surface area contributed by atoms with E-state index in [-0.39, 0.29) is 6.10 Å². The predicted octanol–water partition coefficient (Wildman–Crippen LogP) is -0.0915. The van der Waals surface area contributed by atoms with Crippen molar-refractivity contribution in [3.63, 3.8) is 0 Å². The summed E-state index contributed by atoms with van der Waals surface area (Å²) in [7, 11) is 2.09. The Morgan fingerprint density at radius 3 is 2.64 bits per heavy atom. The van der Waals surface area contributed by atoms with Gasteiger partial charge in [0, 0.05) is 19.6 Å². The van der Waals surface area contributed by atoms with E-state index in [1.165, 1.54) is 0 Å². The van der Waals surface area contributed by atoms with Crippen LogP contribution in [0.5, 0.6) is 0 Å². The normalized spacial score (nSPS) is 13.9. The van der Waals surface area contributed by atoms with Crippen LogP contribution in [-0.4, -0.2) is 49.3 Å². The van der Waals surface area contributed by atoms with Gasteiger partial charge in [-0.25, -0.2) is 0 Å². The monoisotopic (exact) mass is 160 g/mol. The molecule has 11 heavy (non-hydrogen) atoms. The zero-order valence-corrected chi connectivity index (χ0v) is 7.80. The fourth-order valence-corrected chi connectivity index (χ4v) is 0.739. The molecule has 3 heteroatoms. The van der Waals surface area contributed by atoms with Gasteiger partial charge in [0.2, 0.25) is 0 Å². The minimum Gasteiger partial charge on any atom is -0.392 e. The van der Waals surface area contributed by atoms with Crippen molar-refractivity contribution >= 4 is 0 Å². The van der Waals surface area contributed by atoms with E-state index in [9.17, 15) is 0 Å². The summed E-state index contributed by atoms with van der Waals surface area (Å²) >= 11 is 0. The number of likely N-dealkylation sites (N-methyl/N-ethyl adjacent to an activating group) is 1. The Morgan fingerprint density at radius 1 is 1.55 bits per heavy atom. The topological polar surface area (TPSA) is 35.5 Å². The van der Waals surface area contributed by atoms with Gasteiger partial charge >= 0.3 is 0 Å². The number of nitrogens with zero attached hydrogens (tertiary/aromatic N) is 1. The number of aliphatic hydroxyl groups is 1. The standard InChI is InChI=1S/C8H20N2O/c1-4-10(3)6-5-9-7-8(2)11/h8-9,11H,4-7H2,1-3H3. The lowest BCUT2D eigenvalue weighted by molar-refractivity contribution is 0.189. The number of aliphatic hydroxyl groups excluding tert-OH is 1. The summed E-state index contributed by atoms with van der Waals surface area (Å²) < 4.78 is 0. The number of hydrogen-bond donors (Lipinski definition) is 2. The zero-order chi connectivity index (χ0) is 8.69. The van der Waals surface area contributed by atoms with Gasteiger partial charge in [0.05, 0.1) is 6.10 Å². The van der Waals surface area contributed by atoms with Crippen LogP contribution >= 0.6 is 0 Å². The van der Waals surface area contributed by atoms with Crippen LogP contribution in [0.25, 0.3) is 0 Å². The third kappa shape index (κ3) is 7.78. The van der Waals surface area contributed by atoms with Crippen molar-refractivity contribution in [3.8, 4) is 0 Å². The average molecular weight is 160 g/mol. The van der Waals surface area contributed by atoms with Crippen LogP contribution in [0, 0.1) is 0 Å². The van der Waals surface area contributed by atoms with Gasteiger partial charge in [-0.15, -0.1) is 0 Å². The molecule has 2 N–H and O–H groups in total. The van der Waals surface area contributed by atoms with Gasteiger partial charge in [0.25, 0.3) is 0 Å². The zero-order valence-electron chi connectivity index (χ0n) is 7.80. The van der Waals surface area contributed by atoms with Crippen molar-refractivity contribution in [2.24, 2.45) is 0 Å². The van der Waals surface area contributed by atoms with Gasteiger partial charge in [-0.05, 0) is 20.5 Å². The SMILES string of the molecule is CCN(C)CCNCC(C)O. The molecule has 68 valence electrons. The lowest BCUT2D eigenvalue weighted by Gasteiger charge is -2.14. The Morgan fingerprint density at radius 2 is 2.18 bits per heavy atom. The van der Waals surface area contributed by atoms with Gasteiger partial charge in [0.15, 0.2) is 0 Å².